The third-order valence-electron chi connectivity index (χ3n) is 4.69. The van der Waals surface area contributed by atoms with Gasteiger partial charge in [0, 0.05) is 5.39 Å². The van der Waals surface area contributed by atoms with Gasteiger partial charge < -0.3 is 18.6 Å². The van der Waals surface area contributed by atoms with Crippen molar-refractivity contribution in [3.63, 3.8) is 0 Å². The third-order valence-corrected chi connectivity index (χ3v) is 4.69. The fourth-order valence-electron chi connectivity index (χ4n) is 3.19. The van der Waals surface area contributed by atoms with E-state index in [1.165, 1.54) is 6.26 Å². The van der Waals surface area contributed by atoms with Crippen molar-refractivity contribution < 1.29 is 22.8 Å². The lowest BCUT2D eigenvalue weighted by atomic mass is 9.99. The molecule has 3 amide bonds. The Hall–Kier alpha value is -3.88. The molecule has 0 bridgehead atoms. The first-order valence-electron chi connectivity index (χ1n) is 8.54. The Bertz CT molecular complexity index is 1160. The van der Waals surface area contributed by atoms with E-state index in [1.807, 2.05) is 18.2 Å². The van der Waals surface area contributed by atoms with Crippen LogP contribution in [0.3, 0.4) is 0 Å². The number of carbonyl (C=O) groups excluding carboxylic acids is 2. The Labute approximate surface area is 157 Å². The normalized spacial score (nSPS) is 19.5. The minimum atomic E-state index is -1.32. The largest absolute Gasteiger partial charge is 0.459 e. The highest BCUT2D eigenvalue weighted by atomic mass is 16.4. The smallest absolute Gasteiger partial charge is 0.325 e. The number of para-hydroxylation sites is 1. The zero-order chi connectivity index (χ0) is 19.3. The zero-order valence-corrected chi connectivity index (χ0v) is 14.7. The number of rotatable bonds is 4. The number of imide groups is 1. The van der Waals surface area contributed by atoms with E-state index in [0.717, 1.165) is 10.3 Å². The van der Waals surface area contributed by atoms with Crippen molar-refractivity contribution in [2.24, 2.45) is 0 Å². The zero-order valence-electron chi connectivity index (χ0n) is 14.7. The summed E-state index contributed by atoms with van der Waals surface area (Å²) in [6, 6.07) is 11.9. The molecule has 9 nitrogen and oxygen atoms in total. The summed E-state index contributed by atoms with van der Waals surface area (Å²) >= 11 is 0. The number of furan rings is 2. The van der Waals surface area contributed by atoms with E-state index >= 15 is 0 Å². The first-order chi connectivity index (χ1) is 13.5. The molecular formula is C19H14N4O5. The second-order valence-corrected chi connectivity index (χ2v) is 6.57. The summed E-state index contributed by atoms with van der Waals surface area (Å²) in [7, 11) is 0. The molecule has 9 heteroatoms. The number of nitrogens with zero attached hydrogens (tertiary/aromatic N) is 3. The molecule has 28 heavy (non-hydrogen) atoms. The first kappa shape index (κ1) is 16.3. The SMILES string of the molecule is C[C@]1(c2cc3ccccc3o2)NC(=O)N(Cc2nnc(-c3ccco3)o2)C1=O. The van der Waals surface area contributed by atoms with Gasteiger partial charge in [0.05, 0.1) is 6.26 Å². The van der Waals surface area contributed by atoms with Crippen LogP contribution in [0.5, 0.6) is 0 Å². The number of fused-ring (bicyclic) bond motifs is 1. The van der Waals surface area contributed by atoms with Gasteiger partial charge in [-0.2, -0.15) is 0 Å². The van der Waals surface area contributed by atoms with Crippen LogP contribution in [0.25, 0.3) is 22.6 Å². The van der Waals surface area contributed by atoms with Crippen LogP contribution in [0.15, 0.2) is 62.0 Å². The van der Waals surface area contributed by atoms with Gasteiger partial charge in [-0.25, -0.2) is 4.79 Å². The molecule has 0 aliphatic carbocycles. The molecular weight excluding hydrogens is 364 g/mol. The Kier molecular flexibility index (Phi) is 3.38. The van der Waals surface area contributed by atoms with Crippen molar-refractivity contribution in [1.29, 1.82) is 0 Å². The van der Waals surface area contributed by atoms with Crippen LogP contribution in [0.2, 0.25) is 0 Å². The Morgan fingerprint density at radius 3 is 2.75 bits per heavy atom. The molecule has 140 valence electrons. The maximum Gasteiger partial charge on any atom is 0.325 e. The minimum absolute atomic E-state index is 0.115. The van der Waals surface area contributed by atoms with Gasteiger partial charge in [-0.15, -0.1) is 10.2 Å². The van der Waals surface area contributed by atoms with E-state index in [4.69, 9.17) is 13.3 Å². The number of amides is 3. The van der Waals surface area contributed by atoms with Gasteiger partial charge in [0.25, 0.3) is 11.8 Å². The van der Waals surface area contributed by atoms with Crippen molar-refractivity contribution in [3.8, 4) is 11.7 Å². The van der Waals surface area contributed by atoms with Crippen LogP contribution in [0.4, 0.5) is 4.79 Å². The van der Waals surface area contributed by atoms with E-state index in [9.17, 15) is 9.59 Å². The lowest BCUT2D eigenvalue weighted by Crippen LogP contribution is -2.40. The van der Waals surface area contributed by atoms with Crippen molar-refractivity contribution >= 4 is 22.9 Å². The number of carbonyl (C=O) groups is 2. The average Bonchev–Trinajstić information content (AvgIpc) is 3.46. The number of nitrogens with one attached hydrogen (secondary N) is 1. The van der Waals surface area contributed by atoms with Crippen molar-refractivity contribution in [2.45, 2.75) is 19.0 Å². The van der Waals surface area contributed by atoms with Crippen LogP contribution in [0, 0.1) is 0 Å². The van der Waals surface area contributed by atoms with Gasteiger partial charge in [-0.05, 0) is 31.2 Å². The van der Waals surface area contributed by atoms with Crippen LogP contribution in [0.1, 0.15) is 18.6 Å². The summed E-state index contributed by atoms with van der Waals surface area (Å²) in [5.41, 5.74) is -0.681. The molecule has 3 aromatic heterocycles. The number of hydrogen-bond acceptors (Lipinski definition) is 7. The van der Waals surface area contributed by atoms with E-state index < -0.39 is 17.5 Å². The Morgan fingerprint density at radius 2 is 1.96 bits per heavy atom. The summed E-state index contributed by atoms with van der Waals surface area (Å²) in [6.45, 7) is 1.45. The molecule has 0 radical (unpaired) electrons. The first-order valence-corrected chi connectivity index (χ1v) is 8.54. The molecule has 5 rings (SSSR count). The van der Waals surface area contributed by atoms with Crippen molar-refractivity contribution in [1.82, 2.24) is 20.4 Å². The molecule has 1 aliphatic rings. The second-order valence-electron chi connectivity index (χ2n) is 6.57. The molecule has 1 aromatic carbocycles. The van der Waals surface area contributed by atoms with Gasteiger partial charge in [0.1, 0.15) is 17.9 Å². The second kappa shape index (κ2) is 5.81. The maximum absolute atomic E-state index is 13.0. The highest BCUT2D eigenvalue weighted by molar-refractivity contribution is 6.07. The average molecular weight is 378 g/mol. The Morgan fingerprint density at radius 1 is 1.11 bits per heavy atom. The number of urea groups is 1. The third kappa shape index (κ3) is 2.40. The molecule has 0 spiro atoms. The monoisotopic (exact) mass is 378 g/mol. The predicted molar refractivity (Wildman–Crippen MR) is 94.6 cm³/mol. The van der Waals surface area contributed by atoms with E-state index in [-0.39, 0.29) is 18.3 Å². The summed E-state index contributed by atoms with van der Waals surface area (Å²) < 4.78 is 16.5. The van der Waals surface area contributed by atoms with Crippen LogP contribution >= 0.6 is 0 Å². The lowest BCUT2D eigenvalue weighted by Gasteiger charge is -2.18. The Balaban J connectivity index is 1.42. The van der Waals surface area contributed by atoms with E-state index in [1.54, 1.807) is 31.2 Å². The van der Waals surface area contributed by atoms with E-state index in [0.29, 0.717) is 17.1 Å². The number of aromatic nitrogens is 2. The van der Waals surface area contributed by atoms with Crippen LogP contribution in [-0.2, 0) is 16.9 Å². The molecule has 0 saturated carbocycles. The maximum atomic E-state index is 13.0. The van der Waals surface area contributed by atoms with Gasteiger partial charge in [-0.3, -0.25) is 9.69 Å². The van der Waals surface area contributed by atoms with Crippen LogP contribution < -0.4 is 5.32 Å². The fraction of sp³-hybridized carbons (Fsp3) is 0.158. The van der Waals surface area contributed by atoms with Gasteiger partial charge >= 0.3 is 6.03 Å². The lowest BCUT2D eigenvalue weighted by molar-refractivity contribution is -0.132. The summed E-state index contributed by atoms with van der Waals surface area (Å²) in [5, 5.41) is 11.3. The highest BCUT2D eigenvalue weighted by Gasteiger charge is 2.51. The summed E-state index contributed by atoms with van der Waals surface area (Å²) in [4.78, 5) is 26.5. The molecule has 4 aromatic rings. The van der Waals surface area contributed by atoms with Crippen LogP contribution in [-0.4, -0.2) is 27.0 Å². The predicted octanol–water partition coefficient (Wildman–Crippen LogP) is 3.04. The van der Waals surface area contributed by atoms with Gasteiger partial charge in [0.2, 0.25) is 5.89 Å². The van der Waals surface area contributed by atoms with E-state index in [2.05, 4.69) is 15.5 Å². The van der Waals surface area contributed by atoms with Crippen molar-refractivity contribution in [2.75, 3.05) is 0 Å². The van der Waals surface area contributed by atoms with Gasteiger partial charge in [0.15, 0.2) is 11.3 Å². The number of hydrogen-bond donors (Lipinski definition) is 1. The topological polar surface area (TPSA) is 115 Å². The molecule has 0 unspecified atom stereocenters. The summed E-state index contributed by atoms with van der Waals surface area (Å²) in [5.74, 6) is 0.588. The molecule has 1 fully saturated rings. The highest BCUT2D eigenvalue weighted by Crippen LogP contribution is 2.33. The molecule has 1 saturated heterocycles. The number of benzene rings is 1. The summed E-state index contributed by atoms with van der Waals surface area (Å²) in [6.07, 6.45) is 1.48. The standard InChI is InChI=1S/C19H14N4O5/c1-19(14-9-11-5-2-3-6-12(11)27-14)17(24)23(18(25)20-19)10-15-21-22-16(28-15)13-7-4-8-26-13/h2-9H,10H2,1H3,(H,20,25)/t19-/m1/s1. The molecule has 1 N–H and O–H groups in total. The molecule has 1 atom stereocenters. The molecule has 4 heterocycles. The fourth-order valence-corrected chi connectivity index (χ4v) is 3.19. The van der Waals surface area contributed by atoms with Gasteiger partial charge in [-0.1, -0.05) is 18.2 Å². The van der Waals surface area contributed by atoms with Crippen molar-refractivity contribution in [3.05, 3.63) is 60.4 Å². The molecule has 1 aliphatic heterocycles. The quantitative estimate of drug-likeness (QED) is 0.543. The minimum Gasteiger partial charge on any atom is -0.459 e.